The Labute approximate surface area is 203 Å². The fourth-order valence-electron chi connectivity index (χ4n) is 3.71. The van der Waals surface area contributed by atoms with Crippen LogP contribution in [-0.4, -0.2) is 58.8 Å². The minimum atomic E-state index is -0.145. The predicted molar refractivity (Wildman–Crippen MR) is 134 cm³/mol. The van der Waals surface area contributed by atoms with Gasteiger partial charge in [0.2, 0.25) is 17.7 Å². The van der Waals surface area contributed by atoms with Crippen LogP contribution in [-0.2, 0) is 9.59 Å². The number of hydrogen-bond acceptors (Lipinski definition) is 7. The highest BCUT2D eigenvalue weighted by Crippen LogP contribution is 2.24. The highest BCUT2D eigenvalue weighted by molar-refractivity contribution is 7.99. The van der Waals surface area contributed by atoms with Gasteiger partial charge >= 0.3 is 0 Å². The Morgan fingerprint density at radius 1 is 1.00 bits per heavy atom. The van der Waals surface area contributed by atoms with Crippen molar-refractivity contribution in [3.05, 3.63) is 54.1 Å². The number of amides is 2. The molecule has 2 aromatic carbocycles. The summed E-state index contributed by atoms with van der Waals surface area (Å²) >= 11 is 1.20. The van der Waals surface area contributed by atoms with Gasteiger partial charge in [-0.1, -0.05) is 43.3 Å². The third-order valence-corrected chi connectivity index (χ3v) is 6.45. The second-order valence-electron chi connectivity index (χ2n) is 8.59. The Balaban J connectivity index is 1.24. The number of benzene rings is 2. The molecule has 1 aliphatic rings. The lowest BCUT2D eigenvalue weighted by Gasteiger charge is -2.37. The van der Waals surface area contributed by atoms with Crippen LogP contribution in [0.2, 0.25) is 0 Å². The first-order valence-corrected chi connectivity index (χ1v) is 12.3. The van der Waals surface area contributed by atoms with Crippen LogP contribution < -0.4 is 10.2 Å². The molecule has 1 aromatic heterocycles. The van der Waals surface area contributed by atoms with Gasteiger partial charge in [-0.05, 0) is 43.3 Å². The van der Waals surface area contributed by atoms with Gasteiger partial charge in [0.05, 0.1) is 5.75 Å². The van der Waals surface area contributed by atoms with Gasteiger partial charge in [0, 0.05) is 49.0 Å². The average Bonchev–Trinajstić information content (AvgIpc) is 3.32. The summed E-state index contributed by atoms with van der Waals surface area (Å²) in [5.41, 5.74) is 3.82. The number of nitrogens with one attached hydrogen (secondary N) is 1. The van der Waals surface area contributed by atoms with Crippen molar-refractivity contribution in [3.8, 4) is 11.5 Å². The van der Waals surface area contributed by atoms with Crippen molar-refractivity contribution in [3.63, 3.8) is 0 Å². The number of nitrogens with zero attached hydrogens (tertiary/aromatic N) is 4. The quantitative estimate of drug-likeness (QED) is 0.511. The maximum absolute atomic E-state index is 12.4. The second-order valence-corrected chi connectivity index (χ2v) is 9.52. The van der Waals surface area contributed by atoms with E-state index in [1.54, 1.807) is 0 Å². The molecule has 8 nitrogen and oxygen atoms in total. The Kier molecular flexibility index (Phi) is 7.52. The van der Waals surface area contributed by atoms with E-state index in [0.29, 0.717) is 11.1 Å². The number of anilines is 2. The first-order valence-electron chi connectivity index (χ1n) is 11.4. The standard InChI is InChI=1S/C25H29N5O3S/c1-17(2)24(32)30-14-12-29(13-15-30)21-10-8-20(9-11-21)26-22(31)16-34-25-28-27-23(33-25)19-6-4-18(3)5-7-19/h4-11,17H,12-16H2,1-3H3,(H,26,31). The van der Waals surface area contributed by atoms with Gasteiger partial charge in [-0.3, -0.25) is 9.59 Å². The molecule has 1 N–H and O–H groups in total. The molecule has 0 bridgehead atoms. The molecule has 0 saturated carbocycles. The van der Waals surface area contributed by atoms with Crippen LogP contribution in [0.3, 0.4) is 0 Å². The van der Waals surface area contributed by atoms with Gasteiger partial charge in [0.15, 0.2) is 0 Å². The lowest BCUT2D eigenvalue weighted by Crippen LogP contribution is -2.49. The van der Waals surface area contributed by atoms with Crippen molar-refractivity contribution < 1.29 is 14.0 Å². The number of aromatic nitrogens is 2. The van der Waals surface area contributed by atoms with E-state index in [-0.39, 0.29) is 23.5 Å². The van der Waals surface area contributed by atoms with Crippen LogP contribution in [0, 0.1) is 12.8 Å². The lowest BCUT2D eigenvalue weighted by atomic mass is 10.1. The fourth-order valence-corrected chi connectivity index (χ4v) is 4.27. The topological polar surface area (TPSA) is 91.6 Å². The van der Waals surface area contributed by atoms with Crippen molar-refractivity contribution in [2.45, 2.75) is 26.0 Å². The van der Waals surface area contributed by atoms with Crippen LogP contribution in [0.1, 0.15) is 19.4 Å². The third-order valence-electron chi connectivity index (χ3n) is 5.63. The lowest BCUT2D eigenvalue weighted by molar-refractivity contribution is -0.134. The number of hydrogen-bond donors (Lipinski definition) is 1. The van der Waals surface area contributed by atoms with E-state index in [0.717, 1.165) is 48.7 Å². The third kappa shape index (κ3) is 5.96. The van der Waals surface area contributed by atoms with E-state index in [1.807, 2.05) is 74.2 Å². The zero-order chi connectivity index (χ0) is 24.1. The van der Waals surface area contributed by atoms with Crippen molar-refractivity contribution in [1.82, 2.24) is 15.1 Å². The van der Waals surface area contributed by atoms with E-state index in [2.05, 4.69) is 20.4 Å². The smallest absolute Gasteiger partial charge is 0.277 e. The van der Waals surface area contributed by atoms with Gasteiger partial charge in [0.25, 0.3) is 5.22 Å². The molecule has 0 unspecified atom stereocenters. The summed E-state index contributed by atoms with van der Waals surface area (Å²) in [6.45, 7) is 8.95. The van der Waals surface area contributed by atoms with Crippen molar-refractivity contribution >= 4 is 35.0 Å². The van der Waals surface area contributed by atoms with Gasteiger partial charge in [-0.2, -0.15) is 0 Å². The van der Waals surface area contributed by atoms with E-state index < -0.39 is 0 Å². The molecule has 3 aromatic rings. The molecule has 0 radical (unpaired) electrons. The van der Waals surface area contributed by atoms with Crippen LogP contribution in [0.5, 0.6) is 0 Å². The molecule has 0 spiro atoms. The van der Waals surface area contributed by atoms with Crippen LogP contribution >= 0.6 is 11.8 Å². The largest absolute Gasteiger partial charge is 0.411 e. The minimum absolute atomic E-state index is 0.0303. The molecule has 178 valence electrons. The second kappa shape index (κ2) is 10.7. The van der Waals surface area contributed by atoms with Crippen LogP contribution in [0.4, 0.5) is 11.4 Å². The van der Waals surface area contributed by atoms with Gasteiger partial charge < -0.3 is 19.5 Å². The summed E-state index contributed by atoms with van der Waals surface area (Å²) in [5.74, 6) is 0.704. The van der Waals surface area contributed by atoms with Crippen LogP contribution in [0.25, 0.3) is 11.5 Å². The van der Waals surface area contributed by atoms with Crippen molar-refractivity contribution in [1.29, 1.82) is 0 Å². The molecule has 1 aliphatic heterocycles. The Morgan fingerprint density at radius 2 is 1.68 bits per heavy atom. The molecule has 34 heavy (non-hydrogen) atoms. The van der Waals surface area contributed by atoms with Gasteiger partial charge in [-0.25, -0.2) is 0 Å². The summed E-state index contributed by atoms with van der Waals surface area (Å²) in [6.07, 6.45) is 0. The van der Waals surface area contributed by atoms with E-state index >= 15 is 0 Å². The zero-order valence-electron chi connectivity index (χ0n) is 19.7. The maximum Gasteiger partial charge on any atom is 0.277 e. The Morgan fingerprint density at radius 3 is 2.32 bits per heavy atom. The summed E-state index contributed by atoms with van der Waals surface area (Å²) in [6, 6.07) is 15.6. The molecule has 2 amide bonds. The molecule has 1 fully saturated rings. The fraction of sp³-hybridized carbons (Fsp3) is 0.360. The van der Waals surface area contributed by atoms with Crippen molar-refractivity contribution in [2.75, 3.05) is 42.1 Å². The predicted octanol–water partition coefficient (Wildman–Crippen LogP) is 4.08. The van der Waals surface area contributed by atoms with Crippen molar-refractivity contribution in [2.24, 2.45) is 5.92 Å². The number of carbonyl (C=O) groups excluding carboxylic acids is 2. The van der Waals surface area contributed by atoms with E-state index in [1.165, 1.54) is 11.8 Å². The van der Waals surface area contributed by atoms with E-state index in [9.17, 15) is 9.59 Å². The number of thioether (sulfide) groups is 1. The highest BCUT2D eigenvalue weighted by Gasteiger charge is 2.23. The molecule has 0 aliphatic carbocycles. The SMILES string of the molecule is Cc1ccc(-c2nnc(SCC(=O)Nc3ccc(N4CCN(C(=O)C(C)C)CC4)cc3)o2)cc1. The first kappa shape index (κ1) is 23.8. The Bertz CT molecular complexity index is 1120. The summed E-state index contributed by atoms with van der Waals surface area (Å²) in [5, 5.41) is 11.3. The summed E-state index contributed by atoms with van der Waals surface area (Å²) in [7, 11) is 0. The molecule has 1 saturated heterocycles. The van der Waals surface area contributed by atoms with Gasteiger partial charge in [-0.15, -0.1) is 10.2 Å². The molecule has 2 heterocycles. The number of aryl methyl sites for hydroxylation is 1. The maximum atomic E-state index is 12.4. The highest BCUT2D eigenvalue weighted by atomic mass is 32.2. The molecule has 4 rings (SSSR count). The number of rotatable bonds is 7. The summed E-state index contributed by atoms with van der Waals surface area (Å²) in [4.78, 5) is 28.7. The average molecular weight is 480 g/mol. The van der Waals surface area contributed by atoms with Gasteiger partial charge in [0.1, 0.15) is 0 Å². The van der Waals surface area contributed by atoms with E-state index in [4.69, 9.17) is 4.42 Å². The zero-order valence-corrected chi connectivity index (χ0v) is 20.5. The minimum Gasteiger partial charge on any atom is -0.411 e. The Hall–Kier alpha value is -3.33. The first-order chi connectivity index (χ1) is 16.4. The number of carbonyl (C=O) groups is 2. The molecule has 9 heteroatoms. The summed E-state index contributed by atoms with van der Waals surface area (Å²) < 4.78 is 5.66. The molecular formula is C25H29N5O3S. The molecular weight excluding hydrogens is 450 g/mol. The molecule has 0 atom stereocenters. The normalized spacial score (nSPS) is 13.9. The van der Waals surface area contributed by atoms with Crippen LogP contribution in [0.15, 0.2) is 58.2 Å². The monoisotopic (exact) mass is 479 g/mol. The number of piperazine rings is 1.